The first-order chi connectivity index (χ1) is 8.83. The molecule has 2 rings (SSSR count). The third-order valence-corrected chi connectivity index (χ3v) is 4.15. The highest BCUT2D eigenvalue weighted by Crippen LogP contribution is 2.25. The van der Waals surface area contributed by atoms with Crippen LogP contribution in [0.4, 0.5) is 15.9 Å². The molecule has 0 unspecified atom stereocenters. The summed E-state index contributed by atoms with van der Waals surface area (Å²) in [4.78, 5) is 3.67. The Morgan fingerprint density at radius 3 is 2.74 bits per heavy atom. The highest BCUT2D eigenvalue weighted by molar-refractivity contribution is 7.92. The molecule has 0 aliphatic rings. The van der Waals surface area contributed by atoms with Crippen LogP contribution in [-0.2, 0) is 17.1 Å². The third kappa shape index (κ3) is 2.49. The summed E-state index contributed by atoms with van der Waals surface area (Å²) >= 11 is 5.58. The zero-order chi connectivity index (χ0) is 14.2. The number of aryl methyl sites for hydroxylation is 1. The molecule has 9 heteroatoms. The van der Waals surface area contributed by atoms with Crippen LogP contribution in [0.5, 0.6) is 0 Å². The number of nitrogen functional groups attached to an aromatic ring is 1. The first-order valence-corrected chi connectivity index (χ1v) is 6.92. The molecule has 19 heavy (non-hydrogen) atoms. The van der Waals surface area contributed by atoms with Crippen molar-refractivity contribution in [2.75, 3.05) is 10.5 Å². The molecule has 0 fully saturated rings. The average molecular weight is 305 g/mol. The SMILES string of the molecule is Cn1cnc(N)c1S(=O)(=O)Nc1cccc(Cl)c1F. The van der Waals surface area contributed by atoms with Crippen LogP contribution in [0.15, 0.2) is 29.6 Å². The zero-order valence-electron chi connectivity index (χ0n) is 9.76. The molecule has 0 atom stereocenters. The second-order valence-corrected chi connectivity index (χ2v) is 5.76. The topological polar surface area (TPSA) is 90.0 Å². The van der Waals surface area contributed by atoms with Crippen LogP contribution >= 0.6 is 11.6 Å². The van der Waals surface area contributed by atoms with Crippen LogP contribution in [0.1, 0.15) is 0 Å². The van der Waals surface area contributed by atoms with E-state index in [1.54, 1.807) is 0 Å². The fraction of sp³-hybridized carbons (Fsp3) is 0.100. The van der Waals surface area contributed by atoms with E-state index < -0.39 is 15.8 Å². The number of nitrogens with zero attached hydrogens (tertiary/aromatic N) is 2. The van der Waals surface area contributed by atoms with Gasteiger partial charge in [-0.1, -0.05) is 17.7 Å². The molecule has 0 saturated carbocycles. The maximum absolute atomic E-state index is 13.7. The van der Waals surface area contributed by atoms with E-state index in [0.29, 0.717) is 0 Å². The van der Waals surface area contributed by atoms with E-state index in [1.165, 1.54) is 36.1 Å². The van der Waals surface area contributed by atoms with Crippen LogP contribution in [0, 0.1) is 5.82 Å². The van der Waals surface area contributed by atoms with Crippen LogP contribution in [0.2, 0.25) is 5.02 Å². The van der Waals surface area contributed by atoms with Crippen molar-refractivity contribution in [2.24, 2.45) is 7.05 Å². The number of sulfonamides is 1. The highest BCUT2D eigenvalue weighted by Gasteiger charge is 2.24. The van der Waals surface area contributed by atoms with E-state index in [0.717, 1.165) is 0 Å². The van der Waals surface area contributed by atoms with Gasteiger partial charge in [0, 0.05) is 7.05 Å². The maximum Gasteiger partial charge on any atom is 0.281 e. The number of hydrogen-bond donors (Lipinski definition) is 2. The predicted molar refractivity (Wildman–Crippen MR) is 69.8 cm³/mol. The number of benzene rings is 1. The molecule has 0 bridgehead atoms. The lowest BCUT2D eigenvalue weighted by Gasteiger charge is -2.10. The largest absolute Gasteiger partial charge is 0.381 e. The fourth-order valence-electron chi connectivity index (χ4n) is 1.54. The van der Waals surface area contributed by atoms with Gasteiger partial charge in [-0.05, 0) is 12.1 Å². The van der Waals surface area contributed by atoms with Gasteiger partial charge >= 0.3 is 0 Å². The van der Waals surface area contributed by atoms with Gasteiger partial charge in [0.25, 0.3) is 10.0 Å². The van der Waals surface area contributed by atoms with Crippen LogP contribution in [-0.4, -0.2) is 18.0 Å². The maximum atomic E-state index is 13.7. The number of halogens is 2. The molecular formula is C10H10ClFN4O2S. The van der Waals surface area contributed by atoms with E-state index in [-0.39, 0.29) is 21.6 Å². The molecule has 1 aromatic carbocycles. The van der Waals surface area contributed by atoms with Crippen molar-refractivity contribution in [3.8, 4) is 0 Å². The molecule has 0 amide bonds. The van der Waals surface area contributed by atoms with Gasteiger partial charge in [-0.2, -0.15) is 8.42 Å². The Morgan fingerprint density at radius 1 is 1.47 bits per heavy atom. The van der Waals surface area contributed by atoms with Gasteiger partial charge < -0.3 is 10.3 Å². The van der Waals surface area contributed by atoms with Crippen molar-refractivity contribution in [3.05, 3.63) is 35.4 Å². The molecule has 2 aromatic rings. The molecule has 102 valence electrons. The molecule has 1 heterocycles. The smallest absolute Gasteiger partial charge is 0.281 e. The Kier molecular flexibility index (Phi) is 3.38. The average Bonchev–Trinajstić information content (AvgIpc) is 2.65. The minimum absolute atomic E-state index is 0.169. The van der Waals surface area contributed by atoms with E-state index in [1.807, 2.05) is 0 Å². The summed E-state index contributed by atoms with van der Waals surface area (Å²) in [6, 6.07) is 3.99. The number of nitrogens with one attached hydrogen (secondary N) is 1. The molecule has 0 aliphatic heterocycles. The van der Waals surface area contributed by atoms with Gasteiger partial charge in [0.2, 0.25) is 0 Å². The summed E-state index contributed by atoms with van der Waals surface area (Å²) < 4.78 is 41.2. The molecule has 0 spiro atoms. The molecule has 1 aromatic heterocycles. The summed E-state index contributed by atoms with van der Waals surface area (Å²) in [6.07, 6.45) is 1.25. The van der Waals surface area contributed by atoms with Crippen molar-refractivity contribution in [2.45, 2.75) is 5.03 Å². The predicted octanol–water partition coefficient (Wildman–Crippen LogP) is 1.60. The normalized spacial score (nSPS) is 11.5. The second kappa shape index (κ2) is 4.71. The summed E-state index contributed by atoms with van der Waals surface area (Å²) in [5.74, 6) is -1.02. The second-order valence-electron chi connectivity index (χ2n) is 3.75. The lowest BCUT2D eigenvalue weighted by molar-refractivity contribution is 0.589. The number of imidazole rings is 1. The number of aromatic nitrogens is 2. The van der Waals surface area contributed by atoms with Crippen molar-refractivity contribution in [3.63, 3.8) is 0 Å². The van der Waals surface area contributed by atoms with E-state index in [2.05, 4.69) is 9.71 Å². The minimum atomic E-state index is -4.04. The first-order valence-electron chi connectivity index (χ1n) is 5.06. The zero-order valence-corrected chi connectivity index (χ0v) is 11.3. The van der Waals surface area contributed by atoms with Crippen molar-refractivity contribution < 1.29 is 12.8 Å². The lowest BCUT2D eigenvalue weighted by Crippen LogP contribution is -2.18. The van der Waals surface area contributed by atoms with Crippen LogP contribution < -0.4 is 10.5 Å². The minimum Gasteiger partial charge on any atom is -0.381 e. The Morgan fingerprint density at radius 2 is 2.16 bits per heavy atom. The fourth-order valence-corrected chi connectivity index (χ4v) is 3.01. The van der Waals surface area contributed by atoms with Crippen LogP contribution in [0.3, 0.4) is 0 Å². The number of rotatable bonds is 3. The van der Waals surface area contributed by atoms with Gasteiger partial charge in [0.15, 0.2) is 16.7 Å². The van der Waals surface area contributed by atoms with Gasteiger partial charge in [-0.15, -0.1) is 0 Å². The molecule has 3 N–H and O–H groups in total. The Hall–Kier alpha value is -1.80. The van der Waals surface area contributed by atoms with E-state index in [4.69, 9.17) is 17.3 Å². The lowest BCUT2D eigenvalue weighted by atomic mass is 10.3. The van der Waals surface area contributed by atoms with Crippen molar-refractivity contribution in [1.29, 1.82) is 0 Å². The van der Waals surface area contributed by atoms with Gasteiger partial charge in [0.1, 0.15) is 0 Å². The third-order valence-electron chi connectivity index (χ3n) is 2.36. The first kappa shape index (κ1) is 13.6. The van der Waals surface area contributed by atoms with Crippen LogP contribution in [0.25, 0.3) is 0 Å². The van der Waals surface area contributed by atoms with Crippen molar-refractivity contribution >= 4 is 33.1 Å². The molecule has 0 radical (unpaired) electrons. The van der Waals surface area contributed by atoms with Crippen molar-refractivity contribution in [1.82, 2.24) is 9.55 Å². The molecule has 6 nitrogen and oxygen atoms in total. The van der Waals surface area contributed by atoms with E-state index >= 15 is 0 Å². The van der Waals surface area contributed by atoms with Gasteiger partial charge in [-0.3, -0.25) is 4.72 Å². The molecule has 0 aliphatic carbocycles. The standard InChI is InChI=1S/C10H10ClFN4O2S/c1-16-5-14-9(13)10(16)19(17,18)15-7-4-2-3-6(11)8(7)12/h2-5,15H,13H2,1H3. The monoisotopic (exact) mass is 304 g/mol. The molecular weight excluding hydrogens is 295 g/mol. The Labute approximate surface area is 114 Å². The van der Waals surface area contributed by atoms with E-state index in [9.17, 15) is 12.8 Å². The Bertz CT molecular complexity index is 710. The number of hydrogen-bond acceptors (Lipinski definition) is 4. The van der Waals surface area contributed by atoms with Gasteiger partial charge in [0.05, 0.1) is 17.0 Å². The Balaban J connectivity index is 2.46. The summed E-state index contributed by atoms with van der Waals surface area (Å²) in [5, 5.41) is -0.426. The summed E-state index contributed by atoms with van der Waals surface area (Å²) in [5.41, 5.74) is 5.22. The summed E-state index contributed by atoms with van der Waals surface area (Å²) in [7, 11) is -2.58. The number of anilines is 2. The summed E-state index contributed by atoms with van der Waals surface area (Å²) in [6.45, 7) is 0. The van der Waals surface area contributed by atoms with Gasteiger partial charge in [-0.25, -0.2) is 9.37 Å². The quantitative estimate of drug-likeness (QED) is 0.901. The number of nitrogens with two attached hydrogens (primary N) is 1. The highest BCUT2D eigenvalue weighted by atomic mass is 35.5. The molecule has 0 saturated heterocycles.